The molecule has 0 spiro atoms. The van der Waals surface area contributed by atoms with Gasteiger partial charge in [-0.05, 0) is 46.6 Å². The molecule has 3 nitrogen and oxygen atoms in total. The van der Waals surface area contributed by atoms with Gasteiger partial charge in [0.15, 0.2) is 0 Å². The maximum Gasteiger partial charge on any atom is 0.251 e. The lowest BCUT2D eigenvalue weighted by molar-refractivity contribution is 0.0963. The predicted octanol–water partition coefficient (Wildman–Crippen LogP) is 3.79. The second-order valence-electron chi connectivity index (χ2n) is 4.19. The first kappa shape index (κ1) is 14.1. The molecular weight excluding hydrogens is 324 g/mol. The summed E-state index contributed by atoms with van der Waals surface area (Å²) in [6.07, 6.45) is 0. The van der Waals surface area contributed by atoms with Gasteiger partial charge in [-0.15, -0.1) is 11.3 Å². The van der Waals surface area contributed by atoms with Crippen molar-refractivity contribution in [3.63, 3.8) is 0 Å². The van der Waals surface area contributed by atoms with E-state index in [1.165, 1.54) is 4.88 Å². The number of nitrogens with one attached hydrogen (secondary N) is 2. The number of benzene rings is 1. The van der Waals surface area contributed by atoms with Crippen LogP contribution in [0.15, 0.2) is 34.1 Å². The lowest BCUT2D eigenvalue weighted by Gasteiger charge is -2.10. The molecule has 0 saturated carbocycles. The highest BCUT2D eigenvalue weighted by atomic mass is 79.9. The number of amides is 1. The fourth-order valence-corrected chi connectivity index (χ4v) is 3.12. The molecule has 19 heavy (non-hydrogen) atoms. The molecule has 2 rings (SSSR count). The van der Waals surface area contributed by atoms with Gasteiger partial charge in [0.1, 0.15) is 0 Å². The van der Waals surface area contributed by atoms with Crippen LogP contribution in [-0.2, 0) is 6.54 Å². The molecule has 2 N–H and O–H groups in total. The lowest BCUT2D eigenvalue weighted by Crippen LogP contribution is -2.18. The Labute approximate surface area is 125 Å². The molecule has 1 amide bonds. The SMILES string of the molecule is CNC(=O)c1ccc(C)c(NCc2cc(Br)cs2)c1. The Balaban J connectivity index is 2.12. The van der Waals surface area contributed by atoms with Gasteiger partial charge in [-0.25, -0.2) is 0 Å². The van der Waals surface area contributed by atoms with E-state index in [2.05, 4.69) is 38.0 Å². The van der Waals surface area contributed by atoms with Gasteiger partial charge in [-0.3, -0.25) is 4.79 Å². The molecule has 1 heterocycles. The van der Waals surface area contributed by atoms with Crippen molar-refractivity contribution in [2.24, 2.45) is 0 Å². The van der Waals surface area contributed by atoms with Crippen LogP contribution in [0.1, 0.15) is 20.8 Å². The summed E-state index contributed by atoms with van der Waals surface area (Å²) < 4.78 is 1.10. The molecule has 0 unspecified atom stereocenters. The Hall–Kier alpha value is -1.33. The Bertz CT molecular complexity index is 595. The third-order valence-electron chi connectivity index (χ3n) is 2.80. The van der Waals surface area contributed by atoms with Crippen LogP contribution >= 0.6 is 27.3 Å². The zero-order valence-corrected chi connectivity index (χ0v) is 13.2. The van der Waals surface area contributed by atoms with Crippen LogP contribution in [0, 0.1) is 6.92 Å². The fraction of sp³-hybridized carbons (Fsp3) is 0.214. The monoisotopic (exact) mass is 338 g/mol. The van der Waals surface area contributed by atoms with Crippen LogP contribution in [0.25, 0.3) is 0 Å². The van der Waals surface area contributed by atoms with Crippen molar-refractivity contribution in [1.82, 2.24) is 5.32 Å². The van der Waals surface area contributed by atoms with Gasteiger partial charge in [0, 0.05) is 39.6 Å². The number of hydrogen-bond acceptors (Lipinski definition) is 3. The van der Waals surface area contributed by atoms with Crippen LogP contribution in [0.2, 0.25) is 0 Å². The van der Waals surface area contributed by atoms with Crippen molar-refractivity contribution < 1.29 is 4.79 Å². The molecule has 0 fully saturated rings. The van der Waals surface area contributed by atoms with Gasteiger partial charge in [-0.2, -0.15) is 0 Å². The average molecular weight is 339 g/mol. The van der Waals surface area contributed by atoms with E-state index >= 15 is 0 Å². The van der Waals surface area contributed by atoms with Gasteiger partial charge in [-0.1, -0.05) is 6.07 Å². The van der Waals surface area contributed by atoms with Gasteiger partial charge in [0.2, 0.25) is 0 Å². The van der Waals surface area contributed by atoms with Crippen LogP contribution < -0.4 is 10.6 Å². The first-order valence-corrected chi connectivity index (χ1v) is 7.57. The molecule has 100 valence electrons. The molecule has 0 radical (unpaired) electrons. The van der Waals surface area contributed by atoms with Gasteiger partial charge >= 0.3 is 0 Å². The summed E-state index contributed by atoms with van der Waals surface area (Å²) in [7, 11) is 1.64. The van der Waals surface area contributed by atoms with E-state index in [4.69, 9.17) is 0 Å². The molecule has 0 aliphatic heterocycles. The topological polar surface area (TPSA) is 41.1 Å². The molecule has 0 aliphatic rings. The molecule has 0 aliphatic carbocycles. The van der Waals surface area contributed by atoms with Crippen LogP contribution in [0.3, 0.4) is 0 Å². The zero-order chi connectivity index (χ0) is 13.8. The smallest absolute Gasteiger partial charge is 0.251 e. The van der Waals surface area contributed by atoms with E-state index in [0.29, 0.717) is 5.56 Å². The second kappa shape index (κ2) is 6.21. The zero-order valence-electron chi connectivity index (χ0n) is 10.8. The van der Waals surface area contributed by atoms with E-state index in [-0.39, 0.29) is 5.91 Å². The molecule has 0 saturated heterocycles. The van der Waals surface area contributed by atoms with E-state index in [0.717, 1.165) is 22.3 Å². The third-order valence-corrected chi connectivity index (χ3v) is 4.50. The van der Waals surface area contributed by atoms with Crippen LogP contribution in [0.4, 0.5) is 5.69 Å². The standard InChI is InChI=1S/C14H15BrN2OS/c1-9-3-4-10(14(18)16-2)5-13(9)17-7-12-6-11(15)8-19-12/h3-6,8,17H,7H2,1-2H3,(H,16,18). The Morgan fingerprint density at radius 1 is 1.37 bits per heavy atom. The first-order chi connectivity index (χ1) is 9.10. The van der Waals surface area contributed by atoms with E-state index in [1.807, 2.05) is 25.1 Å². The van der Waals surface area contributed by atoms with E-state index < -0.39 is 0 Å². The number of rotatable bonds is 4. The quantitative estimate of drug-likeness (QED) is 0.890. The van der Waals surface area contributed by atoms with E-state index in [9.17, 15) is 4.79 Å². The molecule has 0 atom stereocenters. The summed E-state index contributed by atoms with van der Waals surface area (Å²) in [6.45, 7) is 2.79. The number of carbonyl (C=O) groups is 1. The minimum absolute atomic E-state index is 0.0677. The molecule has 5 heteroatoms. The summed E-state index contributed by atoms with van der Waals surface area (Å²) in [5.74, 6) is -0.0677. The summed E-state index contributed by atoms with van der Waals surface area (Å²) in [5, 5.41) is 8.07. The number of carbonyl (C=O) groups excluding carboxylic acids is 1. The van der Waals surface area contributed by atoms with Gasteiger partial charge < -0.3 is 10.6 Å². The lowest BCUT2D eigenvalue weighted by atomic mass is 10.1. The van der Waals surface area contributed by atoms with Gasteiger partial charge in [0.25, 0.3) is 5.91 Å². The molecule has 1 aromatic heterocycles. The minimum Gasteiger partial charge on any atom is -0.380 e. The highest BCUT2D eigenvalue weighted by Gasteiger charge is 2.06. The second-order valence-corrected chi connectivity index (χ2v) is 6.11. The maximum absolute atomic E-state index is 11.6. The Morgan fingerprint density at radius 3 is 2.79 bits per heavy atom. The highest BCUT2D eigenvalue weighted by Crippen LogP contribution is 2.22. The van der Waals surface area contributed by atoms with E-state index in [1.54, 1.807) is 18.4 Å². The predicted molar refractivity (Wildman–Crippen MR) is 83.9 cm³/mol. The number of anilines is 1. The number of halogens is 1. The van der Waals surface area contributed by atoms with Crippen molar-refractivity contribution in [3.05, 3.63) is 50.1 Å². The fourth-order valence-electron chi connectivity index (χ4n) is 1.73. The molecule has 1 aromatic carbocycles. The van der Waals surface area contributed by atoms with Crippen molar-refractivity contribution >= 4 is 38.9 Å². The van der Waals surface area contributed by atoms with Crippen LogP contribution in [0.5, 0.6) is 0 Å². The van der Waals surface area contributed by atoms with Crippen LogP contribution in [-0.4, -0.2) is 13.0 Å². The van der Waals surface area contributed by atoms with Crippen molar-refractivity contribution in [2.75, 3.05) is 12.4 Å². The first-order valence-electron chi connectivity index (χ1n) is 5.89. The largest absolute Gasteiger partial charge is 0.380 e. The summed E-state index contributed by atoms with van der Waals surface area (Å²) in [6, 6.07) is 7.77. The van der Waals surface area contributed by atoms with Crippen molar-refractivity contribution in [1.29, 1.82) is 0 Å². The normalized spacial score (nSPS) is 10.3. The summed E-state index contributed by atoms with van der Waals surface area (Å²) in [4.78, 5) is 12.9. The number of hydrogen-bond donors (Lipinski definition) is 2. The summed E-state index contributed by atoms with van der Waals surface area (Å²) in [5.41, 5.74) is 2.79. The average Bonchev–Trinajstić information content (AvgIpc) is 2.82. The number of thiophene rings is 1. The molecule has 2 aromatic rings. The Morgan fingerprint density at radius 2 is 2.16 bits per heavy atom. The summed E-state index contributed by atoms with van der Waals surface area (Å²) >= 11 is 5.14. The highest BCUT2D eigenvalue weighted by molar-refractivity contribution is 9.10. The van der Waals surface area contributed by atoms with Gasteiger partial charge in [0.05, 0.1) is 0 Å². The van der Waals surface area contributed by atoms with Crippen molar-refractivity contribution in [3.8, 4) is 0 Å². The van der Waals surface area contributed by atoms with Crippen molar-refractivity contribution in [2.45, 2.75) is 13.5 Å². The maximum atomic E-state index is 11.6. The Kier molecular flexibility index (Phi) is 4.61. The number of aryl methyl sites for hydroxylation is 1. The molecule has 0 bridgehead atoms. The third kappa shape index (κ3) is 3.58. The minimum atomic E-state index is -0.0677. The molecular formula is C14H15BrN2OS.